The summed E-state index contributed by atoms with van der Waals surface area (Å²) in [7, 11) is 0. The molecule has 1 N–H and O–H groups in total. The van der Waals surface area contributed by atoms with E-state index in [0.717, 1.165) is 26.2 Å². The third kappa shape index (κ3) is 1.95. The van der Waals surface area contributed by atoms with Crippen LogP contribution in [0.5, 0.6) is 0 Å². The van der Waals surface area contributed by atoms with Crippen molar-refractivity contribution in [2.24, 2.45) is 0 Å². The Morgan fingerprint density at radius 2 is 2.36 bits per heavy atom. The van der Waals surface area contributed by atoms with E-state index in [0.29, 0.717) is 0 Å². The van der Waals surface area contributed by atoms with Gasteiger partial charge in [-0.2, -0.15) is 0 Å². The number of nitrogens with one attached hydrogen (secondary N) is 1. The molecule has 0 aromatic heterocycles. The van der Waals surface area contributed by atoms with Gasteiger partial charge < -0.3 is 5.32 Å². The summed E-state index contributed by atoms with van der Waals surface area (Å²) in [5.41, 5.74) is 0.227. The van der Waals surface area contributed by atoms with E-state index in [2.05, 4.69) is 30.0 Å². The summed E-state index contributed by atoms with van der Waals surface area (Å²) >= 11 is 0. The number of rotatable bonds is 1. The molecule has 2 heteroatoms. The summed E-state index contributed by atoms with van der Waals surface area (Å²) in [5, 5.41) is 3.35. The third-order valence-electron chi connectivity index (χ3n) is 2.25. The van der Waals surface area contributed by atoms with Gasteiger partial charge in [-0.05, 0) is 13.8 Å². The predicted octanol–water partition coefficient (Wildman–Crippen LogP) is 0.303. The fraction of sp³-hybridized carbons (Fsp3) is 0.778. The first kappa shape index (κ1) is 8.58. The minimum atomic E-state index is 0.227. The summed E-state index contributed by atoms with van der Waals surface area (Å²) in [4.78, 5) is 2.34. The van der Waals surface area contributed by atoms with E-state index in [1.807, 2.05) is 0 Å². The Bertz CT molecular complexity index is 167. The lowest BCUT2D eigenvalue weighted by molar-refractivity contribution is 0.107. The van der Waals surface area contributed by atoms with Crippen molar-refractivity contribution in [3.8, 4) is 12.3 Å². The van der Waals surface area contributed by atoms with Crippen LogP contribution in [-0.2, 0) is 0 Å². The molecule has 1 aliphatic heterocycles. The highest BCUT2D eigenvalue weighted by molar-refractivity contribution is 4.96. The molecular formula is C9H16N2. The highest BCUT2D eigenvalue weighted by Gasteiger charge is 2.28. The molecule has 1 saturated heterocycles. The Labute approximate surface area is 69.0 Å². The summed E-state index contributed by atoms with van der Waals surface area (Å²) in [6, 6.07) is 0. The predicted molar refractivity (Wildman–Crippen MR) is 47.4 cm³/mol. The normalized spacial score (nSPS) is 24.5. The molecule has 1 aliphatic rings. The van der Waals surface area contributed by atoms with Crippen LogP contribution in [0.2, 0.25) is 0 Å². The van der Waals surface area contributed by atoms with E-state index in [4.69, 9.17) is 6.42 Å². The first-order chi connectivity index (χ1) is 5.17. The molecule has 0 atom stereocenters. The second kappa shape index (κ2) is 3.25. The van der Waals surface area contributed by atoms with Gasteiger partial charge in [0.1, 0.15) is 0 Å². The van der Waals surface area contributed by atoms with Crippen LogP contribution < -0.4 is 5.32 Å². The van der Waals surface area contributed by atoms with Crippen molar-refractivity contribution in [1.82, 2.24) is 10.2 Å². The van der Waals surface area contributed by atoms with Gasteiger partial charge in [-0.1, -0.05) is 5.92 Å². The van der Waals surface area contributed by atoms with E-state index in [1.165, 1.54) is 0 Å². The van der Waals surface area contributed by atoms with Crippen molar-refractivity contribution in [2.75, 3.05) is 26.2 Å². The second-order valence-corrected chi connectivity index (χ2v) is 3.61. The number of hydrogen-bond donors (Lipinski definition) is 1. The zero-order valence-electron chi connectivity index (χ0n) is 7.35. The quantitative estimate of drug-likeness (QED) is 0.544. The van der Waals surface area contributed by atoms with Gasteiger partial charge in [0.15, 0.2) is 0 Å². The topological polar surface area (TPSA) is 15.3 Å². The van der Waals surface area contributed by atoms with Crippen LogP contribution in [0, 0.1) is 12.3 Å². The van der Waals surface area contributed by atoms with Gasteiger partial charge in [0.25, 0.3) is 0 Å². The van der Waals surface area contributed by atoms with Crippen molar-refractivity contribution < 1.29 is 0 Å². The molecule has 0 saturated carbocycles. The number of nitrogens with zero attached hydrogens (tertiary/aromatic N) is 1. The Kier molecular flexibility index (Phi) is 2.53. The minimum Gasteiger partial charge on any atom is -0.314 e. The molecule has 0 aromatic rings. The largest absolute Gasteiger partial charge is 0.314 e. The molecule has 1 rings (SSSR count). The molecule has 0 bridgehead atoms. The van der Waals surface area contributed by atoms with E-state index in [-0.39, 0.29) is 5.54 Å². The molecule has 0 aromatic carbocycles. The molecule has 0 unspecified atom stereocenters. The van der Waals surface area contributed by atoms with Gasteiger partial charge in [-0.3, -0.25) is 4.90 Å². The zero-order chi connectivity index (χ0) is 8.32. The summed E-state index contributed by atoms with van der Waals surface area (Å²) in [6.45, 7) is 8.37. The fourth-order valence-corrected chi connectivity index (χ4v) is 1.43. The monoisotopic (exact) mass is 152 g/mol. The fourth-order valence-electron chi connectivity index (χ4n) is 1.43. The van der Waals surface area contributed by atoms with Crippen LogP contribution in [0.3, 0.4) is 0 Å². The van der Waals surface area contributed by atoms with Crippen LogP contribution in [0.15, 0.2) is 0 Å². The van der Waals surface area contributed by atoms with Crippen LogP contribution in [-0.4, -0.2) is 36.6 Å². The molecule has 1 heterocycles. The average molecular weight is 152 g/mol. The van der Waals surface area contributed by atoms with Crippen molar-refractivity contribution in [2.45, 2.75) is 19.4 Å². The van der Waals surface area contributed by atoms with Crippen molar-refractivity contribution >= 4 is 0 Å². The molecule has 1 fully saturated rings. The van der Waals surface area contributed by atoms with E-state index in [9.17, 15) is 0 Å². The first-order valence-electron chi connectivity index (χ1n) is 4.06. The maximum atomic E-state index is 5.27. The first-order valence-corrected chi connectivity index (χ1v) is 4.06. The second-order valence-electron chi connectivity index (χ2n) is 3.61. The van der Waals surface area contributed by atoms with Gasteiger partial charge in [-0.15, -0.1) is 6.42 Å². The Morgan fingerprint density at radius 3 is 2.91 bits per heavy atom. The van der Waals surface area contributed by atoms with Crippen LogP contribution in [0.1, 0.15) is 13.8 Å². The molecule has 0 aliphatic carbocycles. The van der Waals surface area contributed by atoms with Gasteiger partial charge >= 0.3 is 0 Å². The van der Waals surface area contributed by atoms with E-state index in [1.54, 1.807) is 0 Å². The lowest BCUT2D eigenvalue weighted by Crippen LogP contribution is -2.57. The number of piperazine rings is 1. The standard InChI is InChI=1S/C9H16N2/c1-4-6-11-7-5-10-8-9(11,2)3/h1,10H,5-8H2,2-3H3. The highest BCUT2D eigenvalue weighted by Crippen LogP contribution is 2.14. The maximum Gasteiger partial charge on any atom is 0.0604 e. The lowest BCUT2D eigenvalue weighted by atomic mass is 10.0. The van der Waals surface area contributed by atoms with Gasteiger partial charge in [-0.25, -0.2) is 0 Å². The van der Waals surface area contributed by atoms with Crippen molar-refractivity contribution in [3.63, 3.8) is 0 Å². The van der Waals surface area contributed by atoms with Gasteiger partial charge in [0.05, 0.1) is 6.54 Å². The summed E-state index contributed by atoms with van der Waals surface area (Å²) < 4.78 is 0. The van der Waals surface area contributed by atoms with E-state index < -0.39 is 0 Å². The lowest BCUT2D eigenvalue weighted by Gasteiger charge is -2.41. The number of terminal acetylenes is 1. The van der Waals surface area contributed by atoms with Gasteiger partial charge in [0.2, 0.25) is 0 Å². The van der Waals surface area contributed by atoms with Crippen LogP contribution in [0.4, 0.5) is 0 Å². The molecule has 11 heavy (non-hydrogen) atoms. The molecule has 0 spiro atoms. The Balaban J connectivity index is 2.54. The third-order valence-corrected chi connectivity index (χ3v) is 2.25. The molecule has 62 valence electrons. The SMILES string of the molecule is C#CCN1CCNCC1(C)C. The number of hydrogen-bond acceptors (Lipinski definition) is 2. The maximum absolute atomic E-state index is 5.27. The van der Waals surface area contributed by atoms with Crippen molar-refractivity contribution in [3.05, 3.63) is 0 Å². The smallest absolute Gasteiger partial charge is 0.0604 e. The van der Waals surface area contributed by atoms with Crippen molar-refractivity contribution in [1.29, 1.82) is 0 Å². The highest BCUT2D eigenvalue weighted by atomic mass is 15.2. The zero-order valence-corrected chi connectivity index (χ0v) is 7.35. The summed E-state index contributed by atoms with van der Waals surface area (Å²) in [5.74, 6) is 2.69. The summed E-state index contributed by atoms with van der Waals surface area (Å²) in [6.07, 6.45) is 5.27. The minimum absolute atomic E-state index is 0.227. The Hall–Kier alpha value is -0.520. The van der Waals surface area contributed by atoms with Crippen LogP contribution in [0.25, 0.3) is 0 Å². The van der Waals surface area contributed by atoms with E-state index >= 15 is 0 Å². The van der Waals surface area contributed by atoms with Gasteiger partial charge in [0, 0.05) is 25.2 Å². The molecule has 0 amide bonds. The Morgan fingerprint density at radius 1 is 1.64 bits per heavy atom. The molecule has 2 nitrogen and oxygen atoms in total. The average Bonchev–Trinajstić information content (AvgIpc) is 1.94. The van der Waals surface area contributed by atoms with Crippen LogP contribution >= 0.6 is 0 Å². The molecule has 0 radical (unpaired) electrons. The molecular weight excluding hydrogens is 136 g/mol.